The third kappa shape index (κ3) is 9.32. The van der Waals surface area contributed by atoms with Gasteiger partial charge >= 0.3 is 5.97 Å². The Morgan fingerprint density at radius 2 is 1.70 bits per heavy atom. The molecule has 1 aliphatic heterocycles. The highest BCUT2D eigenvalue weighted by Crippen LogP contribution is 2.38. The van der Waals surface area contributed by atoms with Crippen LogP contribution >= 0.6 is 11.6 Å². The lowest BCUT2D eigenvalue weighted by molar-refractivity contribution is -0.158. The van der Waals surface area contributed by atoms with E-state index in [1.54, 1.807) is 12.1 Å². The molecule has 0 spiro atoms. The lowest BCUT2D eigenvalue weighted by Crippen LogP contribution is -2.47. The molecular formula is C31H41ClN2O5Si. The Balaban J connectivity index is 1.78. The zero-order valence-corrected chi connectivity index (χ0v) is 25.8. The molecule has 0 unspecified atom stereocenters. The number of halogens is 1. The number of rotatable bonds is 7. The van der Waals surface area contributed by atoms with E-state index < -0.39 is 32.4 Å². The number of carbonyl (C=O) groups is 3. The van der Waals surface area contributed by atoms with Crippen molar-refractivity contribution in [3.8, 4) is 0 Å². The first-order chi connectivity index (χ1) is 18.9. The molecule has 0 bridgehead atoms. The molecule has 7 nitrogen and oxygen atoms in total. The summed E-state index contributed by atoms with van der Waals surface area (Å²) in [6.07, 6.45) is 2.96. The van der Waals surface area contributed by atoms with Gasteiger partial charge < -0.3 is 19.8 Å². The second-order valence-corrected chi connectivity index (χ2v) is 16.9. The van der Waals surface area contributed by atoms with E-state index in [-0.39, 0.29) is 29.8 Å². The predicted octanol–water partition coefficient (Wildman–Crippen LogP) is 6.10. The van der Waals surface area contributed by atoms with Crippen LogP contribution in [-0.2, 0) is 30.1 Å². The van der Waals surface area contributed by atoms with Crippen molar-refractivity contribution in [1.29, 1.82) is 0 Å². The van der Waals surface area contributed by atoms with Crippen LogP contribution in [0, 0.1) is 5.92 Å². The van der Waals surface area contributed by atoms with Crippen LogP contribution in [0.25, 0.3) is 0 Å². The average Bonchev–Trinajstić information content (AvgIpc) is 2.90. The molecule has 9 heteroatoms. The topological polar surface area (TPSA) is 93.7 Å². The summed E-state index contributed by atoms with van der Waals surface area (Å²) in [4.78, 5) is 39.4. The number of ether oxygens (including phenoxy) is 1. The molecule has 0 fully saturated rings. The Hall–Kier alpha value is -2.94. The Labute approximate surface area is 243 Å². The quantitative estimate of drug-likeness (QED) is 0.233. The van der Waals surface area contributed by atoms with Gasteiger partial charge in [0.15, 0.2) is 8.32 Å². The van der Waals surface area contributed by atoms with Crippen molar-refractivity contribution < 1.29 is 23.5 Å². The number of benzene rings is 2. The van der Waals surface area contributed by atoms with Crippen LogP contribution in [0.2, 0.25) is 23.2 Å². The van der Waals surface area contributed by atoms with Crippen LogP contribution in [0.4, 0.5) is 0 Å². The summed E-state index contributed by atoms with van der Waals surface area (Å²) < 4.78 is 12.5. The maximum atomic E-state index is 13.4. The van der Waals surface area contributed by atoms with Gasteiger partial charge in [-0.05, 0) is 47.8 Å². The van der Waals surface area contributed by atoms with Crippen molar-refractivity contribution in [3.05, 3.63) is 82.9 Å². The van der Waals surface area contributed by atoms with Crippen LogP contribution in [-0.4, -0.2) is 38.7 Å². The second-order valence-electron chi connectivity index (χ2n) is 11.7. The minimum atomic E-state index is -2.28. The molecule has 0 saturated heterocycles. The van der Waals surface area contributed by atoms with Crippen LogP contribution in [0.5, 0.6) is 0 Å². The molecule has 0 aliphatic carbocycles. The molecule has 2 aromatic carbocycles. The molecule has 0 saturated carbocycles. The third-order valence-electron chi connectivity index (χ3n) is 7.54. The molecule has 3 rings (SSSR count). The van der Waals surface area contributed by atoms with Crippen LogP contribution in [0.3, 0.4) is 0 Å². The van der Waals surface area contributed by atoms with Gasteiger partial charge in [-0.15, -0.1) is 0 Å². The smallest absolute Gasteiger partial charge is 0.335 e. The summed E-state index contributed by atoms with van der Waals surface area (Å²) in [5.41, 5.74) is 1.69. The summed E-state index contributed by atoms with van der Waals surface area (Å²) >= 11 is 5.94. The van der Waals surface area contributed by atoms with E-state index in [1.807, 2.05) is 54.6 Å². The average molecular weight is 585 g/mol. The van der Waals surface area contributed by atoms with E-state index in [0.717, 1.165) is 11.1 Å². The van der Waals surface area contributed by atoms with Gasteiger partial charge in [-0.2, -0.15) is 0 Å². The lowest BCUT2D eigenvalue weighted by atomic mass is 9.98. The minimum Gasteiger partial charge on any atom is -0.454 e. The van der Waals surface area contributed by atoms with E-state index in [0.29, 0.717) is 24.4 Å². The molecule has 0 aromatic heterocycles. The third-order valence-corrected chi connectivity index (χ3v) is 12.3. The second kappa shape index (κ2) is 14.1. The van der Waals surface area contributed by atoms with E-state index >= 15 is 0 Å². The maximum Gasteiger partial charge on any atom is 0.335 e. The van der Waals surface area contributed by atoms with Crippen molar-refractivity contribution in [2.24, 2.45) is 5.92 Å². The van der Waals surface area contributed by atoms with Crippen molar-refractivity contribution in [1.82, 2.24) is 10.6 Å². The first-order valence-electron chi connectivity index (χ1n) is 13.7. The highest BCUT2D eigenvalue weighted by Gasteiger charge is 2.41. The van der Waals surface area contributed by atoms with Crippen molar-refractivity contribution in [2.75, 3.05) is 6.54 Å². The van der Waals surface area contributed by atoms with E-state index in [1.165, 1.54) is 0 Å². The summed E-state index contributed by atoms with van der Waals surface area (Å²) in [6.45, 7) is 11.0. The van der Waals surface area contributed by atoms with Gasteiger partial charge in [0.25, 0.3) is 0 Å². The number of hydrogen-bond donors (Lipinski definition) is 2. The Morgan fingerprint density at radius 1 is 1.05 bits per heavy atom. The van der Waals surface area contributed by atoms with E-state index in [9.17, 15) is 14.4 Å². The number of nitrogens with one attached hydrogen (secondary N) is 2. The molecule has 2 aromatic rings. The fourth-order valence-electron chi connectivity index (χ4n) is 4.04. The molecular weight excluding hydrogens is 544 g/mol. The zero-order chi connectivity index (χ0) is 29.3. The number of hydrogen-bond acceptors (Lipinski definition) is 5. The number of allylic oxidation sites excluding steroid dienone is 1. The molecule has 1 heterocycles. The summed E-state index contributed by atoms with van der Waals surface area (Å²) in [7, 11) is -2.28. The van der Waals surface area contributed by atoms with E-state index in [4.69, 9.17) is 20.8 Å². The normalized spacial score (nSPS) is 21.8. The summed E-state index contributed by atoms with van der Waals surface area (Å²) in [6, 6.07) is 16.6. The van der Waals surface area contributed by atoms with Gasteiger partial charge in [0.1, 0.15) is 12.2 Å². The molecule has 2 N–H and O–H groups in total. The SMILES string of the molecule is CC(C)(C)[Si](C)(C)O[C@H]1C/C=C/C[C@@H](CC(=O)NCc2ccc(Cl)cc2)C(=O)NC[C@@H](c2ccccc2)OC1=O. The van der Waals surface area contributed by atoms with Gasteiger partial charge in [-0.3, -0.25) is 9.59 Å². The van der Waals surface area contributed by atoms with Crippen LogP contribution in [0.15, 0.2) is 66.7 Å². The highest BCUT2D eigenvalue weighted by molar-refractivity contribution is 6.74. The molecule has 0 radical (unpaired) electrons. The standard InChI is InChI=1S/C31H41ClN2O5Si/c1-31(2,3)40(4,5)39-26-14-10-9-13-24(19-28(35)33-20-22-15-17-25(32)18-16-22)29(36)34-21-27(38-30(26)37)23-11-7-6-8-12-23/h6-12,15-18,24,26-27H,13-14,19-21H2,1-5H3,(H,33,35)(H,34,36)/b10-9+/t24-,26-,27-/m0/s1. The Bertz CT molecular complexity index is 1180. The monoisotopic (exact) mass is 584 g/mol. The number of carbonyl (C=O) groups excluding carboxylic acids is 3. The van der Waals surface area contributed by atoms with Gasteiger partial charge in [0.05, 0.1) is 12.5 Å². The van der Waals surface area contributed by atoms with Gasteiger partial charge in [0.2, 0.25) is 11.8 Å². The number of amides is 2. The minimum absolute atomic E-state index is 0.0312. The maximum absolute atomic E-state index is 13.4. The number of esters is 1. The first kappa shape index (κ1) is 31.6. The zero-order valence-electron chi connectivity index (χ0n) is 24.0. The molecule has 3 atom stereocenters. The van der Waals surface area contributed by atoms with Gasteiger partial charge in [0, 0.05) is 24.4 Å². The van der Waals surface area contributed by atoms with Gasteiger partial charge in [-0.25, -0.2) is 4.79 Å². The highest BCUT2D eigenvalue weighted by atomic mass is 35.5. The van der Waals surface area contributed by atoms with Gasteiger partial charge in [-0.1, -0.05) is 87.0 Å². The van der Waals surface area contributed by atoms with Crippen molar-refractivity contribution in [2.45, 2.75) is 76.9 Å². The summed E-state index contributed by atoms with van der Waals surface area (Å²) in [5, 5.41) is 6.35. The molecule has 1 aliphatic rings. The fourth-order valence-corrected chi connectivity index (χ4v) is 5.42. The number of cyclic esters (lactones) is 1. The van der Waals surface area contributed by atoms with Crippen molar-refractivity contribution >= 4 is 37.7 Å². The Kier molecular flexibility index (Phi) is 11.1. The van der Waals surface area contributed by atoms with E-state index in [2.05, 4.69) is 44.5 Å². The predicted molar refractivity (Wildman–Crippen MR) is 160 cm³/mol. The lowest BCUT2D eigenvalue weighted by Gasteiger charge is -2.38. The fraction of sp³-hybridized carbons (Fsp3) is 0.452. The van der Waals surface area contributed by atoms with Crippen LogP contribution in [0.1, 0.15) is 57.3 Å². The van der Waals surface area contributed by atoms with Crippen molar-refractivity contribution in [3.63, 3.8) is 0 Å². The van der Waals surface area contributed by atoms with Crippen LogP contribution < -0.4 is 10.6 Å². The Morgan fingerprint density at radius 3 is 2.35 bits per heavy atom. The summed E-state index contributed by atoms with van der Waals surface area (Å²) in [5.74, 6) is -1.51. The molecule has 40 heavy (non-hydrogen) atoms. The molecule has 2 amide bonds. The molecule has 216 valence electrons. The first-order valence-corrected chi connectivity index (χ1v) is 17.0. The largest absolute Gasteiger partial charge is 0.454 e.